The third-order valence-electron chi connectivity index (χ3n) is 11.3. The highest BCUT2D eigenvalue weighted by molar-refractivity contribution is 7.47. The highest BCUT2D eigenvalue weighted by Crippen LogP contribution is 2.73. The van der Waals surface area contributed by atoms with Gasteiger partial charge in [0.25, 0.3) is 0 Å². The van der Waals surface area contributed by atoms with Crippen LogP contribution >= 0.6 is 7.82 Å². The molecule has 0 aromatic heterocycles. The standard InChI is InChI=1S/C26H47O5P/c1-18(7-6-16-31-32(28,29)30-5)21-8-9-22-25(21,3)15-12-23-24(2)14-11-20(27)17-19(24)10-13-26(22,23)4/h18-23,27H,6-17H2,1-5H3,(H,28,29)/t18-,19?,20-,21-,22-,23-,24+,25-,26+/m1/s1. The molecule has 2 unspecified atom stereocenters. The van der Waals surface area contributed by atoms with E-state index in [0.29, 0.717) is 28.1 Å². The second kappa shape index (κ2) is 8.94. The van der Waals surface area contributed by atoms with Crippen LogP contribution in [0.1, 0.15) is 98.3 Å². The van der Waals surface area contributed by atoms with Gasteiger partial charge < -0.3 is 10.00 Å². The number of hydrogen-bond donors (Lipinski definition) is 2. The fourth-order valence-electron chi connectivity index (χ4n) is 9.73. The molecule has 0 amide bonds. The zero-order valence-electron chi connectivity index (χ0n) is 21.0. The van der Waals surface area contributed by atoms with Crippen molar-refractivity contribution in [1.29, 1.82) is 0 Å². The van der Waals surface area contributed by atoms with Crippen LogP contribution in [-0.2, 0) is 13.6 Å². The number of phosphoric acid groups is 1. The molecule has 0 aromatic carbocycles. The molecule has 32 heavy (non-hydrogen) atoms. The molecule has 6 heteroatoms. The molecule has 4 aliphatic rings. The molecular weight excluding hydrogens is 423 g/mol. The zero-order chi connectivity index (χ0) is 23.4. The van der Waals surface area contributed by atoms with E-state index in [0.717, 1.165) is 43.4 Å². The van der Waals surface area contributed by atoms with Crippen LogP contribution in [0.15, 0.2) is 0 Å². The number of phosphoric ester groups is 1. The molecule has 4 saturated carbocycles. The molecular formula is C26H47O5P. The second-order valence-corrected chi connectivity index (χ2v) is 14.2. The number of hydrogen-bond acceptors (Lipinski definition) is 4. The summed E-state index contributed by atoms with van der Waals surface area (Å²) in [5.74, 6) is 3.64. The zero-order valence-corrected chi connectivity index (χ0v) is 21.9. The molecule has 4 rings (SSSR count). The summed E-state index contributed by atoms with van der Waals surface area (Å²) in [7, 11) is -2.65. The van der Waals surface area contributed by atoms with Crippen molar-refractivity contribution in [2.75, 3.05) is 13.7 Å². The maximum absolute atomic E-state index is 11.5. The molecule has 0 aliphatic heterocycles. The van der Waals surface area contributed by atoms with Crippen LogP contribution < -0.4 is 0 Å². The van der Waals surface area contributed by atoms with Gasteiger partial charge in [0.2, 0.25) is 0 Å². The van der Waals surface area contributed by atoms with E-state index in [9.17, 15) is 14.6 Å². The molecule has 186 valence electrons. The van der Waals surface area contributed by atoms with E-state index in [2.05, 4.69) is 32.2 Å². The molecule has 5 nitrogen and oxygen atoms in total. The Bertz CT molecular complexity index is 729. The van der Waals surface area contributed by atoms with E-state index in [1.54, 1.807) is 0 Å². The minimum Gasteiger partial charge on any atom is -0.393 e. The average Bonchev–Trinajstić information content (AvgIpc) is 3.10. The molecule has 0 spiro atoms. The van der Waals surface area contributed by atoms with Crippen molar-refractivity contribution < 1.29 is 23.6 Å². The number of aliphatic hydroxyl groups is 1. The van der Waals surface area contributed by atoms with Crippen LogP contribution in [0.4, 0.5) is 0 Å². The fourth-order valence-corrected chi connectivity index (χ4v) is 10.2. The Kier molecular flexibility index (Phi) is 7.03. The summed E-state index contributed by atoms with van der Waals surface area (Å²) in [6, 6.07) is 0. The van der Waals surface area contributed by atoms with Gasteiger partial charge in [-0.15, -0.1) is 0 Å². The van der Waals surface area contributed by atoms with E-state index in [4.69, 9.17) is 4.52 Å². The first-order valence-corrected chi connectivity index (χ1v) is 14.7. The van der Waals surface area contributed by atoms with Crippen LogP contribution in [0.25, 0.3) is 0 Å². The lowest BCUT2D eigenvalue weighted by Crippen LogP contribution is -2.59. The first-order chi connectivity index (χ1) is 15.0. The van der Waals surface area contributed by atoms with Crippen molar-refractivity contribution >= 4 is 7.82 Å². The lowest BCUT2D eigenvalue weighted by atomic mass is 9.39. The van der Waals surface area contributed by atoms with Crippen molar-refractivity contribution in [2.24, 2.45) is 45.8 Å². The number of fused-ring (bicyclic) bond motifs is 5. The second-order valence-electron chi connectivity index (χ2n) is 12.6. The molecule has 0 aromatic rings. The van der Waals surface area contributed by atoms with Crippen molar-refractivity contribution in [3.63, 3.8) is 0 Å². The summed E-state index contributed by atoms with van der Waals surface area (Å²) >= 11 is 0. The first-order valence-electron chi connectivity index (χ1n) is 13.2. The Labute approximate surface area is 195 Å². The summed E-state index contributed by atoms with van der Waals surface area (Å²) in [6.45, 7) is 10.5. The molecule has 2 N–H and O–H groups in total. The van der Waals surface area contributed by atoms with Gasteiger partial charge in [0, 0.05) is 7.11 Å². The fraction of sp³-hybridized carbons (Fsp3) is 1.00. The summed E-state index contributed by atoms with van der Waals surface area (Å²) in [4.78, 5) is 9.45. The highest BCUT2D eigenvalue weighted by Gasteiger charge is 2.65. The summed E-state index contributed by atoms with van der Waals surface area (Å²) in [5.41, 5.74) is 1.25. The normalized spacial score (nSPS) is 48.9. The van der Waals surface area contributed by atoms with Gasteiger partial charge in [0.15, 0.2) is 0 Å². The Balaban J connectivity index is 1.43. The van der Waals surface area contributed by atoms with E-state index in [-0.39, 0.29) is 12.7 Å². The maximum atomic E-state index is 11.5. The van der Waals surface area contributed by atoms with Gasteiger partial charge in [-0.25, -0.2) is 4.57 Å². The third-order valence-corrected chi connectivity index (χ3v) is 12.3. The molecule has 4 aliphatic carbocycles. The topological polar surface area (TPSA) is 76.0 Å². The predicted octanol–water partition coefficient (Wildman–Crippen LogP) is 6.58. The quantitative estimate of drug-likeness (QED) is 0.325. The lowest BCUT2D eigenvalue weighted by Gasteiger charge is -2.66. The monoisotopic (exact) mass is 470 g/mol. The Morgan fingerprint density at radius 1 is 0.969 bits per heavy atom. The van der Waals surface area contributed by atoms with E-state index >= 15 is 0 Å². The van der Waals surface area contributed by atoms with Crippen LogP contribution in [0.2, 0.25) is 0 Å². The van der Waals surface area contributed by atoms with Crippen LogP contribution in [-0.4, -0.2) is 29.8 Å². The molecule has 0 radical (unpaired) electrons. The van der Waals surface area contributed by atoms with E-state index in [1.807, 2.05) is 0 Å². The lowest BCUT2D eigenvalue weighted by molar-refractivity contribution is -0.176. The first kappa shape index (κ1) is 25.2. The Morgan fingerprint density at radius 3 is 2.34 bits per heavy atom. The number of aliphatic hydroxyl groups excluding tert-OH is 1. The molecule has 0 heterocycles. The Hall–Kier alpha value is 0.0700. The SMILES string of the molecule is COP(=O)(O)OCCC[C@@H](C)[C@H]1CC[C@@H]2[C@]1(C)CC[C@H]1[C@@]2(C)CCC2C[C@H](O)CC[C@@]21C. The van der Waals surface area contributed by atoms with E-state index in [1.165, 1.54) is 52.1 Å². The minimum absolute atomic E-state index is 0.0735. The van der Waals surface area contributed by atoms with E-state index < -0.39 is 7.82 Å². The highest BCUT2D eigenvalue weighted by atomic mass is 31.2. The third kappa shape index (κ3) is 4.17. The molecule has 10 atom stereocenters. The van der Waals surface area contributed by atoms with Crippen molar-refractivity contribution in [2.45, 2.75) is 104 Å². The Morgan fingerprint density at radius 2 is 1.62 bits per heavy atom. The van der Waals surface area contributed by atoms with Crippen LogP contribution in [0.5, 0.6) is 0 Å². The van der Waals surface area contributed by atoms with Gasteiger partial charge in [-0.05, 0) is 116 Å². The largest absolute Gasteiger partial charge is 0.471 e. The van der Waals surface area contributed by atoms with Crippen molar-refractivity contribution in [3.8, 4) is 0 Å². The molecule has 0 bridgehead atoms. The van der Waals surface area contributed by atoms with Crippen LogP contribution in [0.3, 0.4) is 0 Å². The molecule has 4 fully saturated rings. The summed E-state index contributed by atoms with van der Waals surface area (Å²) < 4.78 is 21.1. The maximum Gasteiger partial charge on any atom is 0.471 e. The van der Waals surface area contributed by atoms with Gasteiger partial charge >= 0.3 is 7.82 Å². The predicted molar refractivity (Wildman–Crippen MR) is 127 cm³/mol. The number of rotatable bonds is 7. The summed E-state index contributed by atoms with van der Waals surface area (Å²) in [6.07, 6.45) is 13.0. The van der Waals surface area contributed by atoms with Crippen molar-refractivity contribution in [1.82, 2.24) is 0 Å². The van der Waals surface area contributed by atoms with Gasteiger partial charge in [0.1, 0.15) is 0 Å². The van der Waals surface area contributed by atoms with Gasteiger partial charge in [0.05, 0.1) is 12.7 Å². The van der Waals surface area contributed by atoms with Crippen molar-refractivity contribution in [3.05, 3.63) is 0 Å². The van der Waals surface area contributed by atoms with Gasteiger partial charge in [-0.2, -0.15) is 0 Å². The average molecular weight is 471 g/mol. The van der Waals surface area contributed by atoms with Crippen LogP contribution in [0, 0.1) is 45.8 Å². The van der Waals surface area contributed by atoms with Gasteiger partial charge in [-0.1, -0.05) is 27.7 Å². The smallest absolute Gasteiger partial charge is 0.393 e. The summed E-state index contributed by atoms with van der Waals surface area (Å²) in [5, 5.41) is 10.3. The molecule has 0 saturated heterocycles. The minimum atomic E-state index is -3.86. The van der Waals surface area contributed by atoms with Gasteiger partial charge in [-0.3, -0.25) is 9.05 Å².